The summed E-state index contributed by atoms with van der Waals surface area (Å²) in [6.07, 6.45) is 1.45. The van der Waals surface area contributed by atoms with Crippen LogP contribution >= 0.6 is 11.6 Å². The Kier molecular flexibility index (Phi) is 3.57. The van der Waals surface area contributed by atoms with Crippen molar-refractivity contribution >= 4 is 34.7 Å². The number of halogens is 1. The first kappa shape index (κ1) is 13.2. The Hall–Kier alpha value is -2.27. The standard InChI is InChI=1S/C13H13ClN4O/c1-7-3-2-4-9(12(7)14)18-10-6-17-11(15)5-8(10)13(16)19/h2-6,18H,1H3,(H2,15,17)(H2,16,19). The van der Waals surface area contributed by atoms with Gasteiger partial charge in [0.1, 0.15) is 5.82 Å². The van der Waals surface area contributed by atoms with Gasteiger partial charge in [-0.2, -0.15) is 0 Å². The lowest BCUT2D eigenvalue weighted by Crippen LogP contribution is -2.14. The number of carbonyl (C=O) groups excluding carboxylic acids is 1. The van der Waals surface area contributed by atoms with Crippen LogP contribution in [0.2, 0.25) is 5.02 Å². The van der Waals surface area contributed by atoms with Gasteiger partial charge in [-0.05, 0) is 24.6 Å². The normalized spacial score (nSPS) is 10.2. The molecule has 1 aromatic heterocycles. The van der Waals surface area contributed by atoms with Gasteiger partial charge in [0.15, 0.2) is 0 Å². The molecule has 0 unspecified atom stereocenters. The fourth-order valence-corrected chi connectivity index (χ4v) is 1.84. The molecule has 5 nitrogen and oxygen atoms in total. The minimum Gasteiger partial charge on any atom is -0.384 e. The minimum atomic E-state index is -0.583. The molecule has 0 saturated carbocycles. The molecule has 1 amide bonds. The first-order valence-electron chi connectivity index (χ1n) is 5.56. The number of hydrogen-bond acceptors (Lipinski definition) is 4. The van der Waals surface area contributed by atoms with Gasteiger partial charge in [-0.1, -0.05) is 23.7 Å². The quantitative estimate of drug-likeness (QED) is 0.803. The van der Waals surface area contributed by atoms with E-state index in [1.807, 2.05) is 19.1 Å². The second-order valence-corrected chi connectivity index (χ2v) is 4.46. The van der Waals surface area contributed by atoms with Gasteiger partial charge < -0.3 is 16.8 Å². The van der Waals surface area contributed by atoms with Gasteiger partial charge in [-0.15, -0.1) is 0 Å². The third-order valence-electron chi connectivity index (χ3n) is 2.65. The van der Waals surface area contributed by atoms with E-state index in [-0.39, 0.29) is 11.4 Å². The van der Waals surface area contributed by atoms with E-state index in [0.29, 0.717) is 16.4 Å². The fraction of sp³-hybridized carbons (Fsp3) is 0.0769. The van der Waals surface area contributed by atoms with Crippen molar-refractivity contribution in [1.29, 1.82) is 0 Å². The molecule has 0 bridgehead atoms. The number of primary amides is 1. The Labute approximate surface area is 115 Å². The number of nitrogens with zero attached hydrogens (tertiary/aromatic N) is 1. The van der Waals surface area contributed by atoms with E-state index in [9.17, 15) is 4.79 Å². The summed E-state index contributed by atoms with van der Waals surface area (Å²) in [7, 11) is 0. The molecule has 0 spiro atoms. The summed E-state index contributed by atoms with van der Waals surface area (Å²) in [5, 5.41) is 3.62. The Bertz CT molecular complexity index is 643. The lowest BCUT2D eigenvalue weighted by molar-refractivity contribution is 0.100. The van der Waals surface area contributed by atoms with Gasteiger partial charge in [-0.3, -0.25) is 4.79 Å². The third-order valence-corrected chi connectivity index (χ3v) is 3.15. The van der Waals surface area contributed by atoms with Gasteiger partial charge >= 0.3 is 0 Å². The number of nitrogens with two attached hydrogens (primary N) is 2. The molecule has 5 N–H and O–H groups in total. The van der Waals surface area contributed by atoms with Crippen LogP contribution < -0.4 is 16.8 Å². The lowest BCUT2D eigenvalue weighted by atomic mass is 10.1. The van der Waals surface area contributed by atoms with Crippen LogP contribution in [0.3, 0.4) is 0 Å². The zero-order valence-corrected chi connectivity index (χ0v) is 11.0. The van der Waals surface area contributed by atoms with Crippen molar-refractivity contribution in [2.24, 2.45) is 5.73 Å². The summed E-state index contributed by atoms with van der Waals surface area (Å²) in [6.45, 7) is 1.89. The Morgan fingerprint density at radius 2 is 2.11 bits per heavy atom. The molecule has 0 fully saturated rings. The van der Waals surface area contributed by atoms with Gasteiger partial charge in [0, 0.05) is 0 Å². The van der Waals surface area contributed by atoms with E-state index in [1.54, 1.807) is 6.07 Å². The molecule has 1 heterocycles. The fourth-order valence-electron chi connectivity index (χ4n) is 1.66. The van der Waals surface area contributed by atoms with Crippen molar-refractivity contribution in [3.8, 4) is 0 Å². The zero-order valence-electron chi connectivity index (χ0n) is 10.3. The minimum absolute atomic E-state index is 0.231. The van der Waals surface area contributed by atoms with Crippen LogP contribution in [0.15, 0.2) is 30.5 Å². The van der Waals surface area contributed by atoms with Crippen molar-refractivity contribution in [2.75, 3.05) is 11.1 Å². The van der Waals surface area contributed by atoms with Crippen LogP contribution in [-0.4, -0.2) is 10.9 Å². The van der Waals surface area contributed by atoms with Gasteiger partial charge in [0.2, 0.25) is 0 Å². The smallest absolute Gasteiger partial charge is 0.251 e. The van der Waals surface area contributed by atoms with Crippen molar-refractivity contribution in [3.05, 3.63) is 46.6 Å². The Morgan fingerprint density at radius 1 is 1.37 bits per heavy atom. The monoisotopic (exact) mass is 276 g/mol. The maximum absolute atomic E-state index is 11.4. The van der Waals surface area contributed by atoms with Crippen molar-refractivity contribution in [3.63, 3.8) is 0 Å². The number of benzene rings is 1. The number of anilines is 3. The number of nitrogen functional groups attached to an aromatic ring is 1. The molecule has 98 valence electrons. The maximum Gasteiger partial charge on any atom is 0.251 e. The zero-order chi connectivity index (χ0) is 14.0. The van der Waals surface area contributed by atoms with Crippen LogP contribution in [0.1, 0.15) is 15.9 Å². The van der Waals surface area contributed by atoms with E-state index in [4.69, 9.17) is 23.1 Å². The van der Waals surface area contributed by atoms with Crippen molar-refractivity contribution < 1.29 is 4.79 Å². The van der Waals surface area contributed by atoms with Gasteiger partial charge in [-0.25, -0.2) is 4.98 Å². The van der Waals surface area contributed by atoms with E-state index in [2.05, 4.69) is 10.3 Å². The number of carbonyl (C=O) groups is 1. The summed E-state index contributed by atoms with van der Waals surface area (Å²) < 4.78 is 0. The van der Waals surface area contributed by atoms with Crippen molar-refractivity contribution in [2.45, 2.75) is 6.92 Å². The topological polar surface area (TPSA) is 94.0 Å². The molecule has 1 aromatic carbocycles. The van der Waals surface area contributed by atoms with Crippen LogP contribution in [0.4, 0.5) is 17.2 Å². The highest BCUT2D eigenvalue weighted by atomic mass is 35.5. The number of rotatable bonds is 3. The second kappa shape index (κ2) is 5.16. The summed E-state index contributed by atoms with van der Waals surface area (Å²) in [5.41, 5.74) is 13.2. The largest absolute Gasteiger partial charge is 0.384 e. The number of aromatic nitrogens is 1. The molecule has 0 radical (unpaired) electrons. The average molecular weight is 277 g/mol. The predicted octanol–water partition coefficient (Wildman–Crippen LogP) is 2.47. The van der Waals surface area contributed by atoms with Crippen LogP contribution in [-0.2, 0) is 0 Å². The number of aryl methyl sites for hydroxylation is 1. The van der Waals surface area contributed by atoms with E-state index >= 15 is 0 Å². The summed E-state index contributed by atoms with van der Waals surface area (Å²) >= 11 is 6.18. The molecule has 0 aliphatic rings. The van der Waals surface area contributed by atoms with E-state index in [0.717, 1.165) is 5.56 Å². The summed E-state index contributed by atoms with van der Waals surface area (Å²) in [6, 6.07) is 6.98. The van der Waals surface area contributed by atoms with Crippen molar-refractivity contribution in [1.82, 2.24) is 4.98 Å². The highest BCUT2D eigenvalue weighted by molar-refractivity contribution is 6.34. The third kappa shape index (κ3) is 2.77. The molecule has 0 atom stereocenters. The van der Waals surface area contributed by atoms with Crippen LogP contribution in [0.5, 0.6) is 0 Å². The molecule has 0 aliphatic heterocycles. The molecule has 0 saturated heterocycles. The van der Waals surface area contributed by atoms with Crippen LogP contribution in [0, 0.1) is 6.92 Å². The molecule has 6 heteroatoms. The molecule has 2 aromatic rings. The molecular weight excluding hydrogens is 264 g/mol. The predicted molar refractivity (Wildman–Crippen MR) is 76.6 cm³/mol. The highest BCUT2D eigenvalue weighted by Crippen LogP contribution is 2.29. The summed E-state index contributed by atoms with van der Waals surface area (Å²) in [5.74, 6) is -0.352. The number of amides is 1. The first-order valence-corrected chi connectivity index (χ1v) is 5.94. The summed E-state index contributed by atoms with van der Waals surface area (Å²) in [4.78, 5) is 15.3. The number of nitrogens with one attached hydrogen (secondary N) is 1. The van der Waals surface area contributed by atoms with Crippen LogP contribution in [0.25, 0.3) is 0 Å². The first-order chi connectivity index (χ1) is 8.99. The molecular formula is C13H13ClN4O. The highest BCUT2D eigenvalue weighted by Gasteiger charge is 2.11. The molecule has 2 rings (SSSR count). The lowest BCUT2D eigenvalue weighted by Gasteiger charge is -2.12. The van der Waals surface area contributed by atoms with Gasteiger partial charge in [0.05, 0.1) is 28.2 Å². The number of pyridine rings is 1. The number of hydrogen-bond donors (Lipinski definition) is 3. The Balaban J connectivity index is 2.44. The SMILES string of the molecule is Cc1cccc(Nc2cnc(N)cc2C(N)=O)c1Cl. The Morgan fingerprint density at radius 3 is 2.79 bits per heavy atom. The maximum atomic E-state index is 11.4. The molecule has 19 heavy (non-hydrogen) atoms. The second-order valence-electron chi connectivity index (χ2n) is 4.08. The molecule has 0 aliphatic carbocycles. The van der Waals surface area contributed by atoms with E-state index < -0.39 is 5.91 Å². The van der Waals surface area contributed by atoms with Gasteiger partial charge in [0.25, 0.3) is 5.91 Å². The van der Waals surface area contributed by atoms with E-state index in [1.165, 1.54) is 12.3 Å². The average Bonchev–Trinajstić information content (AvgIpc) is 2.36.